The average molecular weight is 412 g/mol. The van der Waals surface area contributed by atoms with Gasteiger partial charge in [0.25, 0.3) is 5.56 Å². The number of aryl methyl sites for hydroxylation is 1. The zero-order chi connectivity index (χ0) is 20.0. The fourth-order valence-corrected chi connectivity index (χ4v) is 3.81. The van der Waals surface area contributed by atoms with Gasteiger partial charge in [0.2, 0.25) is 5.89 Å². The molecule has 2 atom stereocenters. The molecule has 5 rings (SSSR count). The van der Waals surface area contributed by atoms with Crippen molar-refractivity contribution >= 4 is 22.6 Å². The Bertz CT molecular complexity index is 1230. The number of imidazole rings is 1. The molecule has 4 heterocycles. The lowest BCUT2D eigenvalue weighted by Crippen LogP contribution is -2.21. The zero-order valence-electron chi connectivity index (χ0n) is 15.7. The minimum absolute atomic E-state index is 0.0194. The Kier molecular flexibility index (Phi) is 4.44. The molecule has 8 nitrogen and oxygen atoms in total. The molecule has 1 fully saturated rings. The maximum Gasteiger partial charge on any atom is 0.277 e. The summed E-state index contributed by atoms with van der Waals surface area (Å²) >= 11 is 5.96. The number of ether oxygens (including phenoxy) is 1. The summed E-state index contributed by atoms with van der Waals surface area (Å²) in [7, 11) is 1.79. The number of fused-ring (bicyclic) bond motifs is 1. The van der Waals surface area contributed by atoms with Crippen molar-refractivity contribution in [1.82, 2.24) is 24.3 Å². The van der Waals surface area contributed by atoms with Gasteiger partial charge in [0.15, 0.2) is 5.82 Å². The highest BCUT2D eigenvalue weighted by Crippen LogP contribution is 2.37. The summed E-state index contributed by atoms with van der Waals surface area (Å²) in [4.78, 5) is 21.4. The van der Waals surface area contributed by atoms with Crippen LogP contribution < -0.4 is 5.56 Å². The number of aromatic nitrogens is 5. The Morgan fingerprint density at radius 1 is 1.24 bits per heavy atom. The first-order valence-electron chi connectivity index (χ1n) is 9.28. The third-order valence-electron chi connectivity index (χ3n) is 5.23. The Hall–Kier alpha value is -2.97. The number of benzene rings is 1. The van der Waals surface area contributed by atoms with E-state index in [0.717, 1.165) is 12.0 Å². The molecule has 0 unspecified atom stereocenters. The van der Waals surface area contributed by atoms with Gasteiger partial charge < -0.3 is 18.4 Å². The van der Waals surface area contributed by atoms with E-state index in [1.165, 1.54) is 0 Å². The largest absolute Gasteiger partial charge is 0.373 e. The number of hydrogen-bond acceptors (Lipinski definition) is 6. The quantitative estimate of drug-likeness (QED) is 0.513. The predicted octanol–water partition coefficient (Wildman–Crippen LogP) is 3.06. The van der Waals surface area contributed by atoms with Crippen molar-refractivity contribution in [3.63, 3.8) is 0 Å². The number of pyridine rings is 1. The van der Waals surface area contributed by atoms with E-state index in [-0.39, 0.29) is 24.1 Å². The van der Waals surface area contributed by atoms with Gasteiger partial charge in [-0.05, 0) is 30.2 Å². The van der Waals surface area contributed by atoms with E-state index in [4.69, 9.17) is 20.9 Å². The fourth-order valence-electron chi connectivity index (χ4n) is 3.68. The molecule has 148 valence electrons. The summed E-state index contributed by atoms with van der Waals surface area (Å²) in [5.74, 6) is 1.04. The summed E-state index contributed by atoms with van der Waals surface area (Å²) in [6, 6.07) is 9.46. The number of halogens is 1. The van der Waals surface area contributed by atoms with E-state index >= 15 is 0 Å². The molecule has 1 aliphatic rings. The second-order valence-corrected chi connectivity index (χ2v) is 7.63. The highest BCUT2D eigenvalue weighted by Gasteiger charge is 2.31. The summed E-state index contributed by atoms with van der Waals surface area (Å²) in [6.45, 7) is 0.730. The van der Waals surface area contributed by atoms with Crippen LogP contribution in [0.3, 0.4) is 0 Å². The van der Waals surface area contributed by atoms with Crippen LogP contribution in [0.4, 0.5) is 0 Å². The molecule has 1 aliphatic heterocycles. The molecular formula is C20H18ClN5O3. The molecule has 3 aromatic heterocycles. The van der Waals surface area contributed by atoms with Gasteiger partial charge >= 0.3 is 0 Å². The maximum absolute atomic E-state index is 12.7. The van der Waals surface area contributed by atoms with Crippen molar-refractivity contribution in [3.8, 4) is 0 Å². The van der Waals surface area contributed by atoms with E-state index in [2.05, 4.69) is 15.1 Å². The fraction of sp³-hybridized carbons (Fsp3) is 0.300. The Labute approximate surface area is 170 Å². The van der Waals surface area contributed by atoms with E-state index in [1.54, 1.807) is 34.8 Å². The molecule has 29 heavy (non-hydrogen) atoms. The van der Waals surface area contributed by atoms with Crippen molar-refractivity contribution in [3.05, 3.63) is 75.5 Å². The van der Waals surface area contributed by atoms with E-state index < -0.39 is 0 Å². The minimum atomic E-state index is -0.144. The van der Waals surface area contributed by atoms with Crippen molar-refractivity contribution in [2.45, 2.75) is 25.0 Å². The molecule has 0 amide bonds. The molecule has 0 N–H and O–H groups in total. The standard InChI is InChI=1S/C20H18ClN5O3/c1-25-11-22-15-6-7-26(20(27)18(15)25)9-17-23-19(24-29-17)13-8-16(28-10-13)12-2-4-14(21)5-3-12/h2-7,11,13,16H,8-10H2,1H3/t13-,16+/m0/s1. The van der Waals surface area contributed by atoms with Crippen LogP contribution in [0.1, 0.15) is 35.7 Å². The number of rotatable bonds is 4. The summed E-state index contributed by atoms with van der Waals surface area (Å²) < 4.78 is 14.6. The van der Waals surface area contributed by atoms with Crippen LogP contribution in [0.25, 0.3) is 11.0 Å². The number of hydrogen-bond donors (Lipinski definition) is 0. The lowest BCUT2D eigenvalue weighted by molar-refractivity contribution is 0.110. The van der Waals surface area contributed by atoms with Gasteiger partial charge in [-0.2, -0.15) is 4.98 Å². The van der Waals surface area contributed by atoms with Crippen LogP contribution in [-0.4, -0.2) is 30.9 Å². The minimum Gasteiger partial charge on any atom is -0.373 e. The molecule has 0 radical (unpaired) electrons. The van der Waals surface area contributed by atoms with Crippen LogP contribution in [0.2, 0.25) is 5.02 Å². The van der Waals surface area contributed by atoms with Gasteiger partial charge in [-0.3, -0.25) is 4.79 Å². The van der Waals surface area contributed by atoms with Gasteiger partial charge in [0.1, 0.15) is 12.1 Å². The molecular weight excluding hydrogens is 394 g/mol. The van der Waals surface area contributed by atoms with Crippen LogP contribution in [-0.2, 0) is 18.3 Å². The first-order valence-corrected chi connectivity index (χ1v) is 9.66. The smallest absolute Gasteiger partial charge is 0.277 e. The lowest BCUT2D eigenvalue weighted by Gasteiger charge is -2.09. The molecule has 0 saturated carbocycles. The van der Waals surface area contributed by atoms with Gasteiger partial charge in [0, 0.05) is 24.2 Å². The number of nitrogens with zero attached hydrogens (tertiary/aromatic N) is 5. The van der Waals surface area contributed by atoms with Crippen LogP contribution in [0.15, 0.2) is 52.2 Å². The molecule has 4 aromatic rings. The second-order valence-electron chi connectivity index (χ2n) is 7.19. The summed E-state index contributed by atoms with van der Waals surface area (Å²) in [5.41, 5.74) is 2.14. The van der Waals surface area contributed by atoms with Gasteiger partial charge in [-0.25, -0.2) is 4.98 Å². The maximum atomic E-state index is 12.7. The Morgan fingerprint density at radius 2 is 2.07 bits per heavy atom. The van der Waals surface area contributed by atoms with E-state index in [1.807, 2.05) is 24.3 Å². The molecule has 0 bridgehead atoms. The predicted molar refractivity (Wildman–Crippen MR) is 106 cm³/mol. The normalized spacial score (nSPS) is 19.2. The molecule has 1 saturated heterocycles. The summed E-state index contributed by atoms with van der Waals surface area (Å²) in [5, 5.41) is 4.82. The lowest BCUT2D eigenvalue weighted by atomic mass is 10.0. The van der Waals surface area contributed by atoms with Crippen molar-refractivity contribution in [2.24, 2.45) is 7.05 Å². The first kappa shape index (κ1) is 18.1. The highest BCUT2D eigenvalue weighted by atomic mass is 35.5. The topological polar surface area (TPSA) is 88.0 Å². The Morgan fingerprint density at radius 3 is 2.90 bits per heavy atom. The van der Waals surface area contributed by atoms with E-state index in [0.29, 0.717) is 34.4 Å². The zero-order valence-corrected chi connectivity index (χ0v) is 16.4. The molecule has 0 spiro atoms. The van der Waals surface area contributed by atoms with Crippen molar-refractivity contribution < 1.29 is 9.26 Å². The molecule has 0 aliphatic carbocycles. The molecule has 1 aromatic carbocycles. The van der Waals surface area contributed by atoms with E-state index in [9.17, 15) is 4.79 Å². The van der Waals surface area contributed by atoms with Crippen LogP contribution in [0.5, 0.6) is 0 Å². The van der Waals surface area contributed by atoms with Gasteiger partial charge in [0.05, 0.1) is 24.6 Å². The second kappa shape index (κ2) is 7.13. The Balaban J connectivity index is 1.32. The average Bonchev–Trinajstić information content (AvgIpc) is 3.45. The van der Waals surface area contributed by atoms with Gasteiger partial charge in [-0.15, -0.1) is 0 Å². The van der Waals surface area contributed by atoms with Crippen molar-refractivity contribution in [2.75, 3.05) is 6.61 Å². The monoisotopic (exact) mass is 411 g/mol. The van der Waals surface area contributed by atoms with Gasteiger partial charge in [-0.1, -0.05) is 28.9 Å². The molecule has 9 heteroatoms. The van der Waals surface area contributed by atoms with Crippen molar-refractivity contribution in [1.29, 1.82) is 0 Å². The van der Waals surface area contributed by atoms with Crippen LogP contribution >= 0.6 is 11.6 Å². The third-order valence-corrected chi connectivity index (χ3v) is 5.49. The third kappa shape index (κ3) is 3.34. The SMILES string of the molecule is Cn1cnc2ccn(Cc3nc([C@@H]4CO[C@@H](c5ccc(Cl)cc5)C4)no3)c(=O)c21. The first-order chi connectivity index (χ1) is 14.1. The highest BCUT2D eigenvalue weighted by molar-refractivity contribution is 6.30. The van der Waals surface area contributed by atoms with Crippen LogP contribution in [0, 0.1) is 0 Å². The summed E-state index contributed by atoms with van der Waals surface area (Å²) in [6.07, 6.45) is 4.06.